The van der Waals surface area contributed by atoms with E-state index >= 15 is 0 Å². The second-order valence-electron chi connectivity index (χ2n) is 4.90. The van der Waals surface area contributed by atoms with Crippen molar-refractivity contribution < 1.29 is 4.92 Å². The first-order valence-corrected chi connectivity index (χ1v) is 6.29. The summed E-state index contributed by atoms with van der Waals surface area (Å²) in [6, 6.07) is 4.82. The van der Waals surface area contributed by atoms with E-state index in [-0.39, 0.29) is 11.7 Å². The van der Waals surface area contributed by atoms with E-state index in [1.165, 1.54) is 6.07 Å². The van der Waals surface area contributed by atoms with Gasteiger partial charge in [-0.05, 0) is 24.5 Å². The van der Waals surface area contributed by atoms with Gasteiger partial charge in [0.1, 0.15) is 5.69 Å². The lowest BCUT2D eigenvalue weighted by molar-refractivity contribution is -0.384. The average Bonchev–Trinajstić information content (AvgIpc) is 2.27. The van der Waals surface area contributed by atoms with E-state index in [1.807, 2.05) is 4.90 Å². The Bertz CT molecular complexity index is 457. The number of halogens is 1. The monoisotopic (exact) mass is 269 g/mol. The molecule has 0 aliphatic carbocycles. The summed E-state index contributed by atoms with van der Waals surface area (Å²) in [6.45, 7) is 3.54. The number of hydrogen-bond acceptors (Lipinski definition) is 4. The summed E-state index contributed by atoms with van der Waals surface area (Å²) >= 11 is 5.81. The second kappa shape index (κ2) is 5.12. The van der Waals surface area contributed by atoms with Gasteiger partial charge in [-0.1, -0.05) is 18.5 Å². The number of hydrogen-bond donors (Lipinski definition) is 1. The molecule has 1 aromatic carbocycles. The van der Waals surface area contributed by atoms with Crippen LogP contribution in [0.25, 0.3) is 0 Å². The molecule has 2 atom stereocenters. The van der Waals surface area contributed by atoms with Crippen LogP contribution in [0.4, 0.5) is 11.4 Å². The molecule has 1 aliphatic heterocycles. The first-order valence-electron chi connectivity index (χ1n) is 5.92. The molecule has 2 rings (SSSR count). The van der Waals surface area contributed by atoms with E-state index in [0.717, 1.165) is 13.0 Å². The highest BCUT2D eigenvalue weighted by Gasteiger charge is 2.27. The lowest BCUT2D eigenvalue weighted by Gasteiger charge is -2.36. The van der Waals surface area contributed by atoms with Gasteiger partial charge in [0.25, 0.3) is 5.69 Å². The zero-order valence-corrected chi connectivity index (χ0v) is 10.9. The molecule has 6 heteroatoms. The highest BCUT2D eigenvalue weighted by molar-refractivity contribution is 6.30. The third-order valence-electron chi connectivity index (χ3n) is 3.17. The van der Waals surface area contributed by atoms with Gasteiger partial charge in [-0.3, -0.25) is 10.1 Å². The Morgan fingerprint density at radius 1 is 1.50 bits per heavy atom. The highest BCUT2D eigenvalue weighted by Crippen LogP contribution is 2.33. The van der Waals surface area contributed by atoms with Crippen molar-refractivity contribution in [2.45, 2.75) is 19.4 Å². The number of nitro groups is 1. The van der Waals surface area contributed by atoms with E-state index in [1.54, 1.807) is 12.1 Å². The molecule has 2 N–H and O–H groups in total. The van der Waals surface area contributed by atoms with Crippen molar-refractivity contribution in [1.29, 1.82) is 0 Å². The van der Waals surface area contributed by atoms with Gasteiger partial charge in [-0.15, -0.1) is 0 Å². The van der Waals surface area contributed by atoms with Crippen molar-refractivity contribution in [2.75, 3.05) is 18.0 Å². The van der Waals surface area contributed by atoms with E-state index < -0.39 is 4.92 Å². The molecule has 18 heavy (non-hydrogen) atoms. The Labute approximate surface area is 111 Å². The minimum absolute atomic E-state index is 0.0452. The van der Waals surface area contributed by atoms with Crippen LogP contribution >= 0.6 is 11.6 Å². The van der Waals surface area contributed by atoms with Crippen molar-refractivity contribution >= 4 is 23.0 Å². The molecular formula is C12H16ClN3O2. The first kappa shape index (κ1) is 13.1. The minimum Gasteiger partial charge on any atom is -0.364 e. The molecule has 0 bridgehead atoms. The van der Waals surface area contributed by atoms with Gasteiger partial charge >= 0.3 is 0 Å². The van der Waals surface area contributed by atoms with Crippen molar-refractivity contribution in [2.24, 2.45) is 11.7 Å². The number of anilines is 1. The molecule has 98 valence electrons. The van der Waals surface area contributed by atoms with Crippen molar-refractivity contribution in [3.8, 4) is 0 Å². The van der Waals surface area contributed by atoms with Crippen LogP contribution in [0.3, 0.4) is 0 Å². The quantitative estimate of drug-likeness (QED) is 0.661. The van der Waals surface area contributed by atoms with Crippen LogP contribution in [-0.4, -0.2) is 24.1 Å². The summed E-state index contributed by atoms with van der Waals surface area (Å²) in [5.74, 6) is 0.434. The number of piperidine rings is 1. The van der Waals surface area contributed by atoms with Crippen LogP contribution < -0.4 is 10.6 Å². The van der Waals surface area contributed by atoms with Crippen LogP contribution in [0.1, 0.15) is 13.3 Å². The minimum atomic E-state index is -0.397. The predicted molar refractivity (Wildman–Crippen MR) is 72.1 cm³/mol. The van der Waals surface area contributed by atoms with E-state index in [0.29, 0.717) is 23.2 Å². The predicted octanol–water partition coefficient (Wildman–Crippen LogP) is 2.42. The summed E-state index contributed by atoms with van der Waals surface area (Å²) in [7, 11) is 0. The van der Waals surface area contributed by atoms with Crippen LogP contribution in [-0.2, 0) is 0 Å². The molecule has 1 aromatic rings. The Kier molecular flexibility index (Phi) is 3.73. The van der Waals surface area contributed by atoms with Gasteiger partial charge in [-0.25, -0.2) is 0 Å². The van der Waals surface area contributed by atoms with E-state index in [2.05, 4.69) is 6.92 Å². The highest BCUT2D eigenvalue weighted by atomic mass is 35.5. The topological polar surface area (TPSA) is 72.4 Å². The summed E-state index contributed by atoms with van der Waals surface area (Å²) in [5.41, 5.74) is 6.62. The fourth-order valence-corrected chi connectivity index (χ4v) is 2.67. The normalized spacial score (nSPS) is 24.1. The molecule has 0 radical (unpaired) electrons. The number of rotatable bonds is 2. The molecule has 0 aromatic heterocycles. The molecule has 0 amide bonds. The maximum absolute atomic E-state index is 11.1. The van der Waals surface area contributed by atoms with Crippen LogP contribution in [0.15, 0.2) is 18.2 Å². The number of nitrogens with two attached hydrogens (primary N) is 1. The Hall–Kier alpha value is -1.33. The molecular weight excluding hydrogens is 254 g/mol. The van der Waals surface area contributed by atoms with Crippen LogP contribution in [0.5, 0.6) is 0 Å². The third kappa shape index (κ3) is 2.73. The zero-order valence-electron chi connectivity index (χ0n) is 10.2. The molecule has 1 aliphatic rings. The van der Waals surface area contributed by atoms with Gasteiger partial charge in [-0.2, -0.15) is 0 Å². The second-order valence-corrected chi connectivity index (χ2v) is 5.33. The summed E-state index contributed by atoms with van der Waals surface area (Å²) in [4.78, 5) is 12.7. The molecule has 2 unspecified atom stereocenters. The average molecular weight is 270 g/mol. The fraction of sp³-hybridized carbons (Fsp3) is 0.500. The Balaban J connectivity index is 2.35. The smallest absolute Gasteiger partial charge is 0.294 e. The van der Waals surface area contributed by atoms with Crippen molar-refractivity contribution in [1.82, 2.24) is 0 Å². The Morgan fingerprint density at radius 3 is 2.83 bits per heavy atom. The lowest BCUT2D eigenvalue weighted by Crippen LogP contribution is -2.46. The molecule has 0 spiro atoms. The number of nitro benzene ring substituents is 1. The van der Waals surface area contributed by atoms with E-state index in [4.69, 9.17) is 17.3 Å². The van der Waals surface area contributed by atoms with Gasteiger partial charge in [0.05, 0.1) is 4.92 Å². The molecule has 1 heterocycles. The Morgan fingerprint density at radius 2 is 2.22 bits per heavy atom. The molecule has 0 saturated carbocycles. The van der Waals surface area contributed by atoms with Crippen LogP contribution in [0, 0.1) is 16.0 Å². The maximum atomic E-state index is 11.1. The van der Waals surface area contributed by atoms with Gasteiger partial charge in [0.15, 0.2) is 0 Å². The first-order chi connectivity index (χ1) is 8.47. The SMILES string of the molecule is CC1CC(N)CN(c2ccc(Cl)cc2[N+](=O)[O-])C1. The molecule has 1 fully saturated rings. The summed E-state index contributed by atoms with van der Waals surface area (Å²) in [6.07, 6.45) is 0.956. The zero-order chi connectivity index (χ0) is 13.3. The van der Waals surface area contributed by atoms with Gasteiger partial charge < -0.3 is 10.6 Å². The van der Waals surface area contributed by atoms with E-state index in [9.17, 15) is 10.1 Å². The molecule has 5 nitrogen and oxygen atoms in total. The number of nitrogens with zero attached hydrogens (tertiary/aromatic N) is 2. The number of benzene rings is 1. The van der Waals surface area contributed by atoms with Gasteiger partial charge in [0, 0.05) is 30.2 Å². The largest absolute Gasteiger partial charge is 0.364 e. The van der Waals surface area contributed by atoms with Crippen molar-refractivity contribution in [3.05, 3.63) is 33.3 Å². The lowest BCUT2D eigenvalue weighted by atomic mass is 9.96. The summed E-state index contributed by atoms with van der Waals surface area (Å²) in [5, 5.41) is 11.4. The molecule has 1 saturated heterocycles. The van der Waals surface area contributed by atoms with Crippen molar-refractivity contribution in [3.63, 3.8) is 0 Å². The summed E-state index contributed by atoms with van der Waals surface area (Å²) < 4.78 is 0. The van der Waals surface area contributed by atoms with Gasteiger partial charge in [0.2, 0.25) is 0 Å². The standard InChI is InChI=1S/C12H16ClN3O2/c1-8-4-10(14)7-15(6-8)11-3-2-9(13)5-12(11)16(17)18/h2-3,5,8,10H,4,6-7,14H2,1H3. The third-order valence-corrected chi connectivity index (χ3v) is 3.40. The fourth-order valence-electron chi connectivity index (χ4n) is 2.51. The maximum Gasteiger partial charge on any atom is 0.294 e. The van der Waals surface area contributed by atoms with Crippen LogP contribution in [0.2, 0.25) is 5.02 Å².